The molecule has 0 radical (unpaired) electrons. The Hall–Kier alpha value is -5.90. The van der Waals surface area contributed by atoms with Crippen molar-refractivity contribution in [1.82, 2.24) is 5.32 Å². The third kappa shape index (κ3) is 8.83. The summed E-state index contributed by atoms with van der Waals surface area (Å²) in [6, 6.07) is 5.94. The van der Waals surface area contributed by atoms with Gasteiger partial charge in [-0.25, -0.2) is 4.79 Å². The summed E-state index contributed by atoms with van der Waals surface area (Å²) in [5, 5.41) is 25.2. The molecule has 0 fully saturated rings. The highest BCUT2D eigenvalue weighted by Gasteiger charge is 2.52. The van der Waals surface area contributed by atoms with E-state index in [4.69, 9.17) is 28.4 Å². The number of fused-ring (bicyclic) bond motifs is 14. The molecule has 15 heteroatoms. The van der Waals surface area contributed by atoms with E-state index in [-0.39, 0.29) is 33.8 Å². The molecule has 320 valence electrons. The molecule has 3 aliphatic heterocycles. The zero-order valence-electron chi connectivity index (χ0n) is 35.2. The Morgan fingerprint density at radius 1 is 0.867 bits per heavy atom. The molecule has 4 aliphatic rings. The first kappa shape index (κ1) is 45.2. The number of ketones is 3. The maximum atomic E-state index is 14.4. The fraction of sp³-hybridized carbons (Fsp3) is 0.422. The van der Waals surface area contributed by atoms with E-state index in [1.165, 1.54) is 84.4 Å². The van der Waals surface area contributed by atoms with E-state index >= 15 is 0 Å². The van der Waals surface area contributed by atoms with Gasteiger partial charge in [-0.15, -0.1) is 0 Å². The molecule has 2 aromatic rings. The summed E-state index contributed by atoms with van der Waals surface area (Å²) in [6.45, 7) is 12.3. The lowest BCUT2D eigenvalue weighted by molar-refractivity contribution is -0.160. The van der Waals surface area contributed by atoms with Crippen LogP contribution in [0.5, 0.6) is 17.2 Å². The number of nitrogens with one attached hydrogen (secondary N) is 1. The molecule has 60 heavy (non-hydrogen) atoms. The number of hydrogen-bond donors (Lipinski definition) is 3. The van der Waals surface area contributed by atoms with Gasteiger partial charge in [0.2, 0.25) is 5.78 Å². The molecular weight excluding hydrogens is 778 g/mol. The average Bonchev–Trinajstić information content (AvgIpc) is 3.48. The van der Waals surface area contributed by atoms with Crippen LogP contribution in [-0.4, -0.2) is 89.8 Å². The van der Waals surface area contributed by atoms with Crippen molar-refractivity contribution in [2.45, 2.75) is 85.6 Å². The van der Waals surface area contributed by atoms with Crippen molar-refractivity contribution in [3.63, 3.8) is 0 Å². The molecule has 0 saturated carbocycles. The second-order valence-electron chi connectivity index (χ2n) is 15.5. The molecule has 9 atom stereocenters. The third-order valence-electron chi connectivity index (χ3n) is 11.3. The summed E-state index contributed by atoms with van der Waals surface area (Å²) < 4.78 is 34.6. The van der Waals surface area contributed by atoms with Gasteiger partial charge in [-0.1, -0.05) is 45.9 Å². The Kier molecular flexibility index (Phi) is 13.7. The highest BCUT2D eigenvalue weighted by Crippen LogP contribution is 2.48. The van der Waals surface area contributed by atoms with Crippen molar-refractivity contribution in [1.29, 1.82) is 0 Å². The van der Waals surface area contributed by atoms with Crippen LogP contribution in [-0.2, 0) is 23.8 Å². The SMILES string of the molecule is COc1ccc(C(=O)Oc2c(C)c3c4c5c2C(=O)C(=CC5=O)NC(=O)/C(C)=C\C=C\[C@H](C)[C@H](O)[C@@H](C)[C@H](O)[C@H](C)[C@H](OC(C)=O)[C@H](C)[C@@H](OC)/C=C/O[C@@](C)(O3)C4=O)cc1. The smallest absolute Gasteiger partial charge is 0.343 e. The lowest BCUT2D eigenvalue weighted by atomic mass is 9.78. The minimum atomic E-state index is -2.12. The van der Waals surface area contributed by atoms with Gasteiger partial charge in [0.1, 0.15) is 23.4 Å². The normalized spacial score (nSPS) is 30.5. The van der Waals surface area contributed by atoms with E-state index in [9.17, 15) is 39.0 Å². The van der Waals surface area contributed by atoms with E-state index in [1.54, 1.807) is 33.8 Å². The Morgan fingerprint density at radius 2 is 1.53 bits per heavy atom. The standard InChI is InChI=1S/C45H51NO14/c1-21-12-11-13-22(2)43(53)46-30-20-31(48)33-34(38(30)51)40(59-44(54)28-14-16-29(55-9)17-15-28)26(6)41-35(33)42(52)45(8,60-41)57-19-18-32(56-10)23(3)39(58-27(7)47)25(5)37(50)24(4)36(21)49/h11-21,23-25,32,36-37,39,49-50H,1-10H3,(H,46,53)/b12-11+,19-18+,22-13-/t21-,23+,24+,25-,32-,36-,37-,39+,45-/m0/s1. The Morgan fingerprint density at radius 3 is 2.15 bits per heavy atom. The van der Waals surface area contributed by atoms with Gasteiger partial charge in [-0.2, -0.15) is 0 Å². The number of ether oxygens (including phenoxy) is 6. The van der Waals surface area contributed by atoms with Gasteiger partial charge in [0, 0.05) is 61.8 Å². The molecular formula is C45H51NO14. The summed E-state index contributed by atoms with van der Waals surface area (Å²) in [7, 11) is 2.87. The fourth-order valence-electron chi connectivity index (χ4n) is 7.61. The summed E-state index contributed by atoms with van der Waals surface area (Å²) in [4.78, 5) is 82.1. The Balaban J connectivity index is 1.65. The number of methoxy groups -OCH3 is 2. The van der Waals surface area contributed by atoms with E-state index in [0.29, 0.717) is 5.75 Å². The zero-order chi connectivity index (χ0) is 44.4. The largest absolute Gasteiger partial charge is 0.497 e. The Bertz CT molecular complexity index is 2200. The first-order valence-corrected chi connectivity index (χ1v) is 19.4. The van der Waals surface area contributed by atoms with Crippen molar-refractivity contribution in [2.24, 2.45) is 23.7 Å². The molecule has 0 spiro atoms. The van der Waals surface area contributed by atoms with Crippen LogP contribution >= 0.6 is 0 Å². The van der Waals surface area contributed by atoms with Gasteiger partial charge in [0.25, 0.3) is 11.7 Å². The van der Waals surface area contributed by atoms with Crippen LogP contribution in [0.25, 0.3) is 0 Å². The predicted molar refractivity (Wildman–Crippen MR) is 216 cm³/mol. The molecule has 6 rings (SSSR count). The number of carbonyl (C=O) groups excluding carboxylic acids is 6. The van der Waals surface area contributed by atoms with E-state index < -0.39 is 106 Å². The van der Waals surface area contributed by atoms with Crippen LogP contribution in [0.2, 0.25) is 0 Å². The maximum Gasteiger partial charge on any atom is 0.343 e. The van der Waals surface area contributed by atoms with Gasteiger partial charge >= 0.3 is 17.7 Å². The number of rotatable bonds is 5. The van der Waals surface area contributed by atoms with E-state index in [2.05, 4.69) is 5.32 Å². The molecule has 2 aromatic carbocycles. The fourth-order valence-corrected chi connectivity index (χ4v) is 7.61. The number of hydrogen-bond acceptors (Lipinski definition) is 14. The first-order chi connectivity index (χ1) is 28.3. The van der Waals surface area contributed by atoms with E-state index in [1.807, 2.05) is 0 Å². The van der Waals surface area contributed by atoms with Crippen LogP contribution in [0, 0.1) is 30.6 Å². The number of benzene rings is 2. The number of allylic oxidation sites excluding steroid dienone is 4. The van der Waals surface area contributed by atoms with Crippen molar-refractivity contribution in [3.05, 3.63) is 100.0 Å². The van der Waals surface area contributed by atoms with Crippen molar-refractivity contribution in [3.8, 4) is 17.2 Å². The number of carbonyl (C=O) groups is 6. The van der Waals surface area contributed by atoms with Crippen LogP contribution in [0.3, 0.4) is 0 Å². The summed E-state index contributed by atoms with van der Waals surface area (Å²) in [5.41, 5.74) is -1.39. The van der Waals surface area contributed by atoms with Gasteiger partial charge in [-0.3, -0.25) is 24.0 Å². The molecule has 5 bridgehead atoms. The highest BCUT2D eigenvalue weighted by molar-refractivity contribution is 6.31. The summed E-state index contributed by atoms with van der Waals surface area (Å²) in [6.07, 6.45) is 4.12. The molecule has 0 unspecified atom stereocenters. The molecule has 0 aromatic heterocycles. The molecule has 1 aliphatic carbocycles. The zero-order valence-corrected chi connectivity index (χ0v) is 35.2. The quantitative estimate of drug-likeness (QED) is 0.263. The van der Waals surface area contributed by atoms with Gasteiger partial charge in [0.15, 0.2) is 5.78 Å². The summed E-state index contributed by atoms with van der Waals surface area (Å²) >= 11 is 0. The maximum absolute atomic E-state index is 14.4. The molecule has 3 N–H and O–H groups in total. The monoisotopic (exact) mass is 829 g/mol. The second-order valence-corrected chi connectivity index (χ2v) is 15.5. The van der Waals surface area contributed by atoms with Crippen molar-refractivity contribution in [2.75, 3.05) is 14.2 Å². The van der Waals surface area contributed by atoms with Crippen molar-refractivity contribution < 1.29 is 67.4 Å². The van der Waals surface area contributed by atoms with Gasteiger partial charge in [-0.05, 0) is 44.2 Å². The first-order valence-electron chi connectivity index (χ1n) is 19.4. The van der Waals surface area contributed by atoms with Crippen LogP contribution in [0.1, 0.15) is 95.5 Å². The van der Waals surface area contributed by atoms with Crippen LogP contribution in [0.4, 0.5) is 0 Å². The topological polar surface area (TPSA) is 210 Å². The predicted octanol–water partition coefficient (Wildman–Crippen LogP) is 5.15. The van der Waals surface area contributed by atoms with Crippen LogP contribution in [0.15, 0.2) is 72.2 Å². The number of aliphatic hydroxyl groups excluding tert-OH is 2. The average molecular weight is 830 g/mol. The Labute approximate surface area is 348 Å². The molecule has 0 saturated heterocycles. The highest BCUT2D eigenvalue weighted by atomic mass is 16.7. The number of esters is 2. The number of Topliss-reactive ketones (excluding diaryl/α,β-unsaturated/α-hetero) is 2. The summed E-state index contributed by atoms with van der Waals surface area (Å²) in [5.74, 6) is -9.67. The molecule has 3 heterocycles. The molecule has 1 amide bonds. The molecule has 15 nitrogen and oxygen atoms in total. The van der Waals surface area contributed by atoms with Crippen LogP contribution < -0.4 is 19.5 Å². The minimum Gasteiger partial charge on any atom is -0.497 e. The minimum absolute atomic E-state index is 0.0152. The van der Waals surface area contributed by atoms with E-state index in [0.717, 1.165) is 12.3 Å². The van der Waals surface area contributed by atoms with Gasteiger partial charge in [0.05, 0.1) is 59.6 Å². The second kappa shape index (κ2) is 18.2. The lowest BCUT2D eigenvalue weighted by Crippen LogP contribution is -2.46. The third-order valence-corrected chi connectivity index (χ3v) is 11.3. The number of aliphatic hydroxyl groups is 2. The lowest BCUT2D eigenvalue weighted by Gasteiger charge is -2.38. The van der Waals surface area contributed by atoms with Crippen molar-refractivity contribution >= 4 is 35.2 Å². The van der Waals surface area contributed by atoms with Gasteiger partial charge < -0.3 is 44.0 Å². The number of amides is 1.